The molecule has 4 bridgehead atoms. The van der Waals surface area contributed by atoms with Crippen LogP contribution in [-0.2, 0) is 41.4 Å². The highest BCUT2D eigenvalue weighted by atomic mass is 32.7. The van der Waals surface area contributed by atoms with E-state index in [2.05, 4.69) is 54.4 Å². The number of alkyl halides is 1. The lowest BCUT2D eigenvalue weighted by molar-refractivity contribution is -0.182. The Kier molecular flexibility index (Phi) is 7.39. The Bertz CT molecular complexity index is 1940. The number of nitrogens with two attached hydrogens (primary N) is 2. The third-order valence-electron chi connectivity index (χ3n) is 8.19. The minimum absolute atomic E-state index is 0.0902. The molecule has 4 saturated heterocycles. The van der Waals surface area contributed by atoms with Crippen molar-refractivity contribution in [1.29, 1.82) is 0 Å². The molecule has 0 aliphatic carbocycles. The summed E-state index contributed by atoms with van der Waals surface area (Å²) in [6.07, 6.45) is -3.69. The number of ether oxygens (including phenoxy) is 3. The zero-order valence-corrected chi connectivity index (χ0v) is 26.8. The zero-order chi connectivity index (χ0) is 32.0. The van der Waals surface area contributed by atoms with Gasteiger partial charge in [0.05, 0.1) is 38.6 Å². The van der Waals surface area contributed by atoms with Gasteiger partial charge < -0.3 is 30.2 Å². The minimum Gasteiger partial charge on any atom is -0.382 e. The Morgan fingerprint density at radius 1 is 0.848 bits per heavy atom. The second kappa shape index (κ2) is 11.0. The molecule has 8 heterocycles. The monoisotopic (exact) mass is 718 g/mol. The topological polar surface area (TPSA) is 238 Å². The Morgan fingerprint density at radius 2 is 1.48 bits per heavy atom. The molecule has 0 amide bonds. The number of imidazole rings is 2. The summed E-state index contributed by atoms with van der Waals surface area (Å²) in [5.41, 5.74) is 11.5. The first-order valence-electron chi connectivity index (χ1n) is 13.7. The lowest BCUT2D eigenvalue weighted by Gasteiger charge is -2.33. The number of halogens is 1. The van der Waals surface area contributed by atoms with Crippen molar-refractivity contribution >= 4 is 72.1 Å². The van der Waals surface area contributed by atoms with Gasteiger partial charge in [0.2, 0.25) is 0 Å². The molecule has 4 aromatic heterocycles. The molecule has 8 rings (SSSR count). The summed E-state index contributed by atoms with van der Waals surface area (Å²) in [5.74, 6) is 0.237. The maximum absolute atomic E-state index is 16.0. The zero-order valence-electron chi connectivity index (χ0n) is 23.3. The quantitative estimate of drug-likeness (QED) is 0.171. The standard InChI is InChI=1S/C22H25FN10O9P2S2/c23-10-9-1-2-37-43(34,45)42-15-14-21(33-8-31-12-17(25)27-6-29-19(12)33)40-22(15,3-36-14)4-38-44(35,46)41-13(10)20(39-9)32-7-30-11-16(24)26-5-28-18(11)32/h5-10,13-15,20-21H,1-4H2,(H,34,45)(H,35,46)(H2,24,26,28)(H2,25,27,29)/t9-,10+,13-,14-,15+,20-,21-,22-,43-,44-/m1/s1. The predicted octanol–water partition coefficient (Wildman–Crippen LogP) is 2.02. The average molecular weight is 719 g/mol. The molecule has 4 aromatic rings. The normalized spacial score (nSPS) is 39.9. The van der Waals surface area contributed by atoms with E-state index in [1.54, 1.807) is 4.57 Å². The number of anilines is 2. The van der Waals surface area contributed by atoms with Crippen LogP contribution in [0.4, 0.5) is 16.0 Å². The first kappa shape index (κ1) is 30.8. The number of nitrogen functional groups attached to an aromatic ring is 2. The highest BCUT2D eigenvalue weighted by molar-refractivity contribution is 8.44. The number of aromatic nitrogens is 8. The van der Waals surface area contributed by atoms with Gasteiger partial charge in [0, 0.05) is 6.42 Å². The molecule has 46 heavy (non-hydrogen) atoms. The first-order valence-corrected chi connectivity index (χ1v) is 19.1. The van der Waals surface area contributed by atoms with E-state index in [1.807, 2.05) is 0 Å². The summed E-state index contributed by atoms with van der Waals surface area (Å²) in [7, 11) is 0. The SMILES string of the molecule is Nc1ncnc2c1ncn2[C@@H]1O[C@@H]2CCO[P@@](=O)(S)O[C@H]3[C@H]4OC[C@]3(CO[P@@](=O)(S)O[C@@H]1[C@H]2F)O[C@H]4n1cnc2c(N)ncnc21. The average Bonchev–Trinajstić information content (AvgIpc) is 3.82. The maximum atomic E-state index is 16.0. The van der Waals surface area contributed by atoms with Gasteiger partial charge in [-0.15, -0.1) is 0 Å². The molecule has 0 unspecified atom stereocenters. The minimum atomic E-state index is -4.38. The van der Waals surface area contributed by atoms with Gasteiger partial charge in [-0.2, -0.15) is 0 Å². The van der Waals surface area contributed by atoms with Crippen molar-refractivity contribution in [2.75, 3.05) is 31.3 Å². The van der Waals surface area contributed by atoms with Gasteiger partial charge in [-0.1, -0.05) is 24.5 Å². The van der Waals surface area contributed by atoms with E-state index in [4.69, 9.17) is 43.8 Å². The van der Waals surface area contributed by atoms with E-state index in [9.17, 15) is 9.13 Å². The van der Waals surface area contributed by atoms with Crippen molar-refractivity contribution in [2.24, 2.45) is 0 Å². The Labute approximate surface area is 268 Å². The second-order valence-corrected chi connectivity index (χ2v) is 16.7. The van der Waals surface area contributed by atoms with Crippen LogP contribution < -0.4 is 11.5 Å². The molecule has 10 atom stereocenters. The number of hydrogen-bond donors (Lipinski definition) is 4. The second-order valence-electron chi connectivity index (χ2n) is 11.0. The van der Waals surface area contributed by atoms with Crippen LogP contribution >= 0.6 is 38.1 Å². The third-order valence-corrected chi connectivity index (χ3v) is 11.4. The molecular formula is C22H25FN10O9P2S2. The van der Waals surface area contributed by atoms with Crippen LogP contribution in [0, 0.1) is 0 Å². The van der Waals surface area contributed by atoms with E-state index in [0.717, 1.165) is 0 Å². The summed E-state index contributed by atoms with van der Waals surface area (Å²) in [4.78, 5) is 24.8. The Morgan fingerprint density at radius 3 is 2.15 bits per heavy atom. The summed E-state index contributed by atoms with van der Waals surface area (Å²) in [6, 6.07) is 0. The van der Waals surface area contributed by atoms with Crippen molar-refractivity contribution in [3.63, 3.8) is 0 Å². The number of hydrogen-bond acceptors (Lipinski definition) is 17. The first-order chi connectivity index (χ1) is 22.0. The predicted molar refractivity (Wildman–Crippen MR) is 160 cm³/mol. The lowest BCUT2D eigenvalue weighted by atomic mass is 10.0. The van der Waals surface area contributed by atoms with Crippen molar-refractivity contribution in [2.45, 2.75) is 55.1 Å². The van der Waals surface area contributed by atoms with Crippen LogP contribution in [0.3, 0.4) is 0 Å². The fraction of sp³-hybridized carbons (Fsp3) is 0.545. The van der Waals surface area contributed by atoms with Gasteiger partial charge in [0.15, 0.2) is 41.6 Å². The fourth-order valence-corrected chi connectivity index (χ4v) is 9.10. The summed E-state index contributed by atoms with van der Waals surface area (Å²) >= 11 is 8.33. The summed E-state index contributed by atoms with van der Waals surface area (Å²) in [6.45, 7) is -9.48. The number of thiol groups is 2. The van der Waals surface area contributed by atoms with Crippen molar-refractivity contribution < 1.29 is 45.8 Å². The molecule has 0 saturated carbocycles. The molecule has 24 heteroatoms. The Balaban J connectivity index is 1.13. The molecule has 4 aliphatic rings. The highest BCUT2D eigenvalue weighted by Gasteiger charge is 2.65. The van der Waals surface area contributed by atoms with E-state index in [0.29, 0.717) is 11.2 Å². The van der Waals surface area contributed by atoms with E-state index in [1.165, 1.54) is 29.9 Å². The third kappa shape index (κ3) is 5.02. The number of nitrogens with zero attached hydrogens (tertiary/aromatic N) is 8. The Hall–Kier alpha value is -2.49. The molecule has 19 nitrogen and oxygen atoms in total. The van der Waals surface area contributed by atoms with Gasteiger partial charge in [0.25, 0.3) is 0 Å². The smallest absolute Gasteiger partial charge is 0.382 e. The van der Waals surface area contributed by atoms with E-state index < -0.39 is 68.8 Å². The van der Waals surface area contributed by atoms with Crippen molar-refractivity contribution in [3.8, 4) is 0 Å². The molecule has 0 aromatic carbocycles. The molecular weight excluding hydrogens is 693 g/mol. The fourth-order valence-electron chi connectivity index (χ4n) is 6.08. The van der Waals surface area contributed by atoms with E-state index in [-0.39, 0.29) is 42.4 Å². The largest absolute Gasteiger partial charge is 0.386 e. The molecule has 0 radical (unpaired) electrons. The van der Waals surface area contributed by atoms with Gasteiger partial charge in [-0.05, 0) is 0 Å². The van der Waals surface area contributed by atoms with Gasteiger partial charge >= 0.3 is 13.6 Å². The molecule has 246 valence electrons. The van der Waals surface area contributed by atoms with Crippen LogP contribution in [-0.4, -0.2) is 95.0 Å². The van der Waals surface area contributed by atoms with Gasteiger partial charge in [-0.3, -0.25) is 22.7 Å². The van der Waals surface area contributed by atoms with Crippen LogP contribution in [0.15, 0.2) is 25.3 Å². The summed E-state index contributed by atoms with van der Waals surface area (Å²) in [5, 5.41) is 0. The van der Waals surface area contributed by atoms with Crippen molar-refractivity contribution in [3.05, 3.63) is 25.3 Å². The van der Waals surface area contributed by atoms with Gasteiger partial charge in [0.1, 0.15) is 47.6 Å². The molecule has 4 aliphatic heterocycles. The maximum Gasteiger partial charge on any atom is 0.386 e. The lowest BCUT2D eigenvalue weighted by Crippen LogP contribution is -2.45. The number of fused-ring (bicyclic) bond motifs is 4. The highest BCUT2D eigenvalue weighted by Crippen LogP contribution is 2.63. The van der Waals surface area contributed by atoms with Crippen LogP contribution in [0.2, 0.25) is 0 Å². The molecule has 4 N–H and O–H groups in total. The van der Waals surface area contributed by atoms with E-state index >= 15 is 4.39 Å². The molecule has 4 fully saturated rings. The number of rotatable bonds is 2. The van der Waals surface area contributed by atoms with Crippen LogP contribution in [0.5, 0.6) is 0 Å². The van der Waals surface area contributed by atoms with Crippen molar-refractivity contribution in [1.82, 2.24) is 39.0 Å². The van der Waals surface area contributed by atoms with Crippen LogP contribution in [0.25, 0.3) is 22.3 Å². The molecule has 0 spiro atoms. The van der Waals surface area contributed by atoms with Crippen LogP contribution in [0.1, 0.15) is 18.9 Å². The summed E-state index contributed by atoms with van der Waals surface area (Å²) < 4.78 is 87.5. The van der Waals surface area contributed by atoms with Gasteiger partial charge in [-0.25, -0.2) is 43.4 Å².